The molecule has 2 heteroatoms. The largest absolute Gasteiger partial charge is 0.405 e. The summed E-state index contributed by atoms with van der Waals surface area (Å²) in [5.74, 6) is 0. The zero-order valence-electron chi connectivity index (χ0n) is 5.12. The summed E-state index contributed by atoms with van der Waals surface area (Å²) < 4.78 is 0. The van der Waals surface area contributed by atoms with Gasteiger partial charge in [-0.3, -0.25) is 0 Å². The van der Waals surface area contributed by atoms with Gasteiger partial charge < -0.3 is 11.1 Å². The van der Waals surface area contributed by atoms with Crippen molar-refractivity contribution < 1.29 is 0 Å². The summed E-state index contributed by atoms with van der Waals surface area (Å²) in [7, 11) is 0. The van der Waals surface area contributed by atoms with Gasteiger partial charge in [-0.15, -0.1) is 0 Å². The molecule has 0 saturated heterocycles. The van der Waals surface area contributed by atoms with Crippen molar-refractivity contribution >= 4 is 6.21 Å². The smallest absolute Gasteiger partial charge is 0.0177 e. The van der Waals surface area contributed by atoms with Gasteiger partial charge in [-0.1, -0.05) is 18.2 Å². The lowest BCUT2D eigenvalue weighted by atomic mass is 10.4. The van der Waals surface area contributed by atoms with Crippen LogP contribution in [0.3, 0.4) is 0 Å². The van der Waals surface area contributed by atoms with E-state index < -0.39 is 0 Å². The van der Waals surface area contributed by atoms with Gasteiger partial charge >= 0.3 is 0 Å². The van der Waals surface area contributed by atoms with Crippen molar-refractivity contribution in [1.82, 2.24) is 0 Å². The number of rotatable bonds is 3. The number of nitrogens with two attached hydrogens (primary N) is 1. The standard InChI is InChI=1S/C7H10N2/c8-6-4-2-1-3-5-7-9/h1-8H,9H2. The summed E-state index contributed by atoms with van der Waals surface area (Å²) in [4.78, 5) is 0. The summed E-state index contributed by atoms with van der Waals surface area (Å²) in [6, 6.07) is 0. The van der Waals surface area contributed by atoms with Crippen molar-refractivity contribution in [1.29, 1.82) is 5.41 Å². The fourth-order valence-electron chi connectivity index (χ4n) is 0.312. The molecule has 0 unspecified atom stereocenters. The summed E-state index contributed by atoms with van der Waals surface area (Å²) in [5, 5.41) is 6.59. The third kappa shape index (κ3) is 6.69. The molecular formula is C7H10N2. The van der Waals surface area contributed by atoms with Gasteiger partial charge in [0.1, 0.15) is 0 Å². The molecule has 0 heterocycles. The van der Waals surface area contributed by atoms with E-state index >= 15 is 0 Å². The molecular weight excluding hydrogens is 112 g/mol. The van der Waals surface area contributed by atoms with Crippen LogP contribution in [0, 0.1) is 5.41 Å². The Bertz CT molecular complexity index is 143. The van der Waals surface area contributed by atoms with Crippen LogP contribution in [0.5, 0.6) is 0 Å². The minimum absolute atomic E-state index is 1.22. The second kappa shape index (κ2) is 6.69. The molecule has 2 nitrogen and oxygen atoms in total. The first-order valence-corrected chi connectivity index (χ1v) is 2.62. The maximum absolute atomic E-state index is 6.59. The average molecular weight is 122 g/mol. The van der Waals surface area contributed by atoms with Crippen LogP contribution in [0.15, 0.2) is 36.6 Å². The van der Waals surface area contributed by atoms with Crippen LogP contribution in [0.4, 0.5) is 0 Å². The SMILES string of the molecule is N=CC=CC=CC=CN. The number of nitrogens with one attached hydrogen (secondary N) is 1. The number of allylic oxidation sites excluding steroid dienone is 5. The number of hydrogen-bond acceptors (Lipinski definition) is 2. The number of hydrogen-bond donors (Lipinski definition) is 2. The van der Waals surface area contributed by atoms with E-state index in [2.05, 4.69) is 0 Å². The van der Waals surface area contributed by atoms with Crippen molar-refractivity contribution in [3.8, 4) is 0 Å². The Morgan fingerprint density at radius 2 is 1.44 bits per heavy atom. The average Bonchev–Trinajstić information content (AvgIpc) is 1.89. The van der Waals surface area contributed by atoms with Crippen LogP contribution in [0.2, 0.25) is 0 Å². The van der Waals surface area contributed by atoms with E-state index in [4.69, 9.17) is 11.1 Å². The highest BCUT2D eigenvalue weighted by molar-refractivity contribution is 5.68. The molecule has 0 aliphatic rings. The van der Waals surface area contributed by atoms with Crippen molar-refractivity contribution in [2.45, 2.75) is 0 Å². The first-order valence-electron chi connectivity index (χ1n) is 2.62. The lowest BCUT2D eigenvalue weighted by molar-refractivity contribution is 1.58. The topological polar surface area (TPSA) is 49.9 Å². The predicted octanol–water partition coefficient (Wildman–Crippen LogP) is 1.22. The van der Waals surface area contributed by atoms with Gasteiger partial charge in [0.2, 0.25) is 0 Å². The third-order valence-electron chi connectivity index (χ3n) is 0.652. The first-order chi connectivity index (χ1) is 4.41. The minimum Gasteiger partial charge on any atom is -0.405 e. The molecule has 0 aromatic carbocycles. The Balaban J connectivity index is 3.46. The molecule has 0 bridgehead atoms. The second-order valence-electron chi connectivity index (χ2n) is 1.32. The Morgan fingerprint density at radius 3 is 2.00 bits per heavy atom. The summed E-state index contributed by atoms with van der Waals surface area (Å²) >= 11 is 0. The lowest BCUT2D eigenvalue weighted by Gasteiger charge is -1.69. The van der Waals surface area contributed by atoms with E-state index in [0.29, 0.717) is 0 Å². The Labute approximate surface area is 54.9 Å². The zero-order valence-corrected chi connectivity index (χ0v) is 5.12. The highest BCUT2D eigenvalue weighted by Crippen LogP contribution is 1.75. The first kappa shape index (κ1) is 7.69. The maximum atomic E-state index is 6.59. The molecule has 0 aliphatic heterocycles. The van der Waals surface area contributed by atoms with Gasteiger partial charge in [0.15, 0.2) is 0 Å². The van der Waals surface area contributed by atoms with E-state index in [0.717, 1.165) is 0 Å². The van der Waals surface area contributed by atoms with Gasteiger partial charge in [-0.25, -0.2) is 0 Å². The fraction of sp³-hybridized carbons (Fsp3) is 0. The van der Waals surface area contributed by atoms with Gasteiger partial charge in [0, 0.05) is 6.21 Å². The van der Waals surface area contributed by atoms with Crippen LogP contribution in [-0.2, 0) is 0 Å². The van der Waals surface area contributed by atoms with Gasteiger partial charge in [0.25, 0.3) is 0 Å². The monoisotopic (exact) mass is 122 g/mol. The van der Waals surface area contributed by atoms with Crippen LogP contribution in [-0.4, -0.2) is 6.21 Å². The molecule has 3 N–H and O–H groups in total. The zero-order chi connectivity index (χ0) is 6.95. The molecule has 0 fully saturated rings. The van der Waals surface area contributed by atoms with E-state index in [1.54, 1.807) is 30.4 Å². The normalized spacial score (nSPS) is 12.0. The lowest BCUT2D eigenvalue weighted by Crippen LogP contribution is -1.71. The van der Waals surface area contributed by atoms with E-state index in [1.807, 2.05) is 0 Å². The molecule has 0 aromatic heterocycles. The van der Waals surface area contributed by atoms with Crippen LogP contribution < -0.4 is 5.73 Å². The van der Waals surface area contributed by atoms with Crippen molar-refractivity contribution in [3.05, 3.63) is 36.6 Å². The molecule has 48 valence electrons. The van der Waals surface area contributed by atoms with Crippen molar-refractivity contribution in [3.63, 3.8) is 0 Å². The Hall–Kier alpha value is -1.31. The van der Waals surface area contributed by atoms with Crippen molar-refractivity contribution in [2.75, 3.05) is 0 Å². The van der Waals surface area contributed by atoms with Gasteiger partial charge in [-0.2, -0.15) is 0 Å². The molecule has 0 saturated carbocycles. The predicted molar refractivity (Wildman–Crippen MR) is 40.4 cm³/mol. The molecule has 0 spiro atoms. The highest BCUT2D eigenvalue weighted by Gasteiger charge is 1.57. The van der Waals surface area contributed by atoms with E-state index in [9.17, 15) is 0 Å². The van der Waals surface area contributed by atoms with Crippen LogP contribution >= 0.6 is 0 Å². The van der Waals surface area contributed by atoms with Gasteiger partial charge in [-0.05, 0) is 18.4 Å². The molecule has 0 amide bonds. The molecule has 0 aliphatic carbocycles. The van der Waals surface area contributed by atoms with E-state index in [-0.39, 0.29) is 0 Å². The minimum atomic E-state index is 1.22. The van der Waals surface area contributed by atoms with E-state index in [1.165, 1.54) is 12.4 Å². The molecule has 0 rings (SSSR count). The molecule has 9 heavy (non-hydrogen) atoms. The second-order valence-corrected chi connectivity index (χ2v) is 1.32. The quantitative estimate of drug-likeness (QED) is 0.429. The molecule has 0 aromatic rings. The molecule has 0 atom stereocenters. The summed E-state index contributed by atoms with van der Waals surface area (Å²) in [5.41, 5.74) is 5.04. The van der Waals surface area contributed by atoms with Crippen LogP contribution in [0.1, 0.15) is 0 Å². The van der Waals surface area contributed by atoms with Crippen molar-refractivity contribution in [2.24, 2.45) is 5.73 Å². The van der Waals surface area contributed by atoms with Gasteiger partial charge in [0.05, 0.1) is 0 Å². The molecule has 0 radical (unpaired) electrons. The Kier molecular flexibility index (Phi) is 5.72. The fourth-order valence-corrected chi connectivity index (χ4v) is 0.312. The third-order valence-corrected chi connectivity index (χ3v) is 0.652. The maximum Gasteiger partial charge on any atom is 0.0177 e. The summed E-state index contributed by atoms with van der Waals surface area (Å²) in [6.07, 6.45) is 11.4. The Morgan fingerprint density at radius 1 is 0.889 bits per heavy atom. The summed E-state index contributed by atoms with van der Waals surface area (Å²) in [6.45, 7) is 0. The van der Waals surface area contributed by atoms with Crippen LogP contribution in [0.25, 0.3) is 0 Å². The highest BCUT2D eigenvalue weighted by atomic mass is 14.5.